The first kappa shape index (κ1) is 17.7. The first-order valence-corrected chi connectivity index (χ1v) is 10.4. The van der Waals surface area contributed by atoms with Crippen LogP contribution in [0.2, 0.25) is 0 Å². The summed E-state index contributed by atoms with van der Waals surface area (Å²) in [5.74, 6) is 0.720. The summed E-state index contributed by atoms with van der Waals surface area (Å²) in [6.45, 7) is 4.18. The maximum absolute atomic E-state index is 13.2. The zero-order valence-electron chi connectivity index (χ0n) is 14.6. The molecule has 136 valence electrons. The Hall–Kier alpha value is -1.70. The van der Waals surface area contributed by atoms with Gasteiger partial charge in [0.1, 0.15) is 10.2 Å². The van der Waals surface area contributed by atoms with E-state index in [9.17, 15) is 4.79 Å². The van der Waals surface area contributed by atoms with E-state index in [-0.39, 0.29) is 11.6 Å². The van der Waals surface area contributed by atoms with Crippen molar-refractivity contribution in [1.82, 2.24) is 9.55 Å². The minimum Gasteiger partial charge on any atom is -0.341 e. The summed E-state index contributed by atoms with van der Waals surface area (Å²) in [6, 6.07) is 8.41. The second-order valence-corrected chi connectivity index (χ2v) is 8.63. The molecule has 3 aromatic rings. The smallest absolute Gasteiger partial charge is 0.273 e. The number of aryl methyl sites for hydroxylation is 1. The lowest BCUT2D eigenvalue weighted by Crippen LogP contribution is -2.45. The van der Waals surface area contributed by atoms with Gasteiger partial charge in [-0.2, -0.15) is 0 Å². The minimum absolute atomic E-state index is 0.0143. The molecule has 0 bridgehead atoms. The fourth-order valence-electron chi connectivity index (χ4n) is 3.41. The van der Waals surface area contributed by atoms with Crippen molar-refractivity contribution >= 4 is 43.4 Å². The van der Waals surface area contributed by atoms with Gasteiger partial charge in [0.15, 0.2) is 0 Å². The van der Waals surface area contributed by atoms with Crippen LogP contribution in [-0.4, -0.2) is 28.7 Å². The highest BCUT2D eigenvalue weighted by Gasteiger charge is 2.23. The number of nitrogens with zero attached hydrogens (tertiary/aromatic N) is 3. The van der Waals surface area contributed by atoms with E-state index in [0.29, 0.717) is 11.2 Å². The third-order valence-corrected chi connectivity index (χ3v) is 6.68. The summed E-state index contributed by atoms with van der Waals surface area (Å²) in [4.78, 5) is 20.2. The number of benzene rings is 1. The van der Waals surface area contributed by atoms with Gasteiger partial charge >= 0.3 is 0 Å². The van der Waals surface area contributed by atoms with Crippen LogP contribution in [0.1, 0.15) is 24.0 Å². The number of thiophene rings is 1. The summed E-state index contributed by atoms with van der Waals surface area (Å²) < 4.78 is 3.36. The van der Waals surface area contributed by atoms with Crippen molar-refractivity contribution in [2.45, 2.75) is 32.4 Å². The molecular formula is C19H21BrN4OS. The zero-order chi connectivity index (χ0) is 18.3. The van der Waals surface area contributed by atoms with E-state index in [4.69, 9.17) is 10.7 Å². The van der Waals surface area contributed by atoms with Crippen molar-refractivity contribution in [2.75, 3.05) is 18.0 Å². The molecule has 1 fully saturated rings. The Morgan fingerprint density at radius 1 is 1.35 bits per heavy atom. The van der Waals surface area contributed by atoms with Gasteiger partial charge in [-0.15, -0.1) is 11.3 Å². The van der Waals surface area contributed by atoms with Gasteiger partial charge in [-0.25, -0.2) is 4.98 Å². The quantitative estimate of drug-likeness (QED) is 0.687. The molecule has 0 aliphatic carbocycles. The van der Waals surface area contributed by atoms with Crippen LogP contribution in [0.4, 0.5) is 5.95 Å². The van der Waals surface area contributed by atoms with Crippen molar-refractivity contribution in [3.8, 4) is 0 Å². The Bertz CT molecular complexity index is 995. The number of piperidine rings is 1. The Morgan fingerprint density at radius 2 is 2.12 bits per heavy atom. The van der Waals surface area contributed by atoms with Gasteiger partial charge in [-0.1, -0.05) is 29.8 Å². The molecule has 1 unspecified atom stereocenters. The lowest BCUT2D eigenvalue weighted by atomic mass is 10.1. The molecule has 1 aromatic carbocycles. The largest absolute Gasteiger partial charge is 0.341 e. The molecule has 0 saturated carbocycles. The minimum atomic E-state index is 0.0143. The molecule has 1 aliphatic rings. The second-order valence-electron chi connectivity index (χ2n) is 6.90. The normalized spacial score (nSPS) is 17.8. The van der Waals surface area contributed by atoms with Crippen LogP contribution in [0.5, 0.6) is 0 Å². The van der Waals surface area contributed by atoms with Crippen molar-refractivity contribution in [2.24, 2.45) is 5.73 Å². The molecule has 7 heteroatoms. The maximum atomic E-state index is 13.2. The SMILES string of the molecule is Cc1ccc(Cn2c(N3CCCC(N)C3)nc3c(Br)csc3c2=O)cc1. The molecule has 3 heterocycles. The number of nitrogens with two attached hydrogens (primary N) is 1. The lowest BCUT2D eigenvalue weighted by Gasteiger charge is -2.33. The first-order valence-electron chi connectivity index (χ1n) is 8.76. The van der Waals surface area contributed by atoms with Gasteiger partial charge in [0.25, 0.3) is 5.56 Å². The molecule has 0 radical (unpaired) electrons. The van der Waals surface area contributed by atoms with Crippen LogP contribution in [0, 0.1) is 6.92 Å². The summed E-state index contributed by atoms with van der Waals surface area (Å²) >= 11 is 4.96. The molecule has 26 heavy (non-hydrogen) atoms. The number of rotatable bonds is 3. The number of halogens is 1. The predicted octanol–water partition coefficient (Wildman–Crippen LogP) is 3.50. The molecule has 0 spiro atoms. The monoisotopic (exact) mass is 432 g/mol. The van der Waals surface area contributed by atoms with Crippen LogP contribution in [0.25, 0.3) is 10.2 Å². The summed E-state index contributed by atoms with van der Waals surface area (Å²) in [6.07, 6.45) is 2.04. The number of hydrogen-bond acceptors (Lipinski definition) is 5. The third kappa shape index (κ3) is 3.31. The van der Waals surface area contributed by atoms with Gasteiger partial charge in [0.05, 0.1) is 11.0 Å². The first-order chi connectivity index (χ1) is 12.5. The molecule has 0 amide bonds. The molecule has 1 aliphatic heterocycles. The van der Waals surface area contributed by atoms with Crippen molar-refractivity contribution in [1.29, 1.82) is 0 Å². The van der Waals surface area contributed by atoms with E-state index in [1.807, 2.05) is 5.38 Å². The highest BCUT2D eigenvalue weighted by atomic mass is 79.9. The standard InChI is InChI=1S/C19H21BrN4OS/c1-12-4-6-13(7-5-12)9-24-18(25)17-16(15(20)11-26-17)22-19(24)23-8-2-3-14(21)10-23/h4-7,11,14H,2-3,8-10,21H2,1H3. The highest BCUT2D eigenvalue weighted by molar-refractivity contribution is 9.10. The zero-order valence-corrected chi connectivity index (χ0v) is 17.0. The Balaban J connectivity index is 1.85. The van der Waals surface area contributed by atoms with Crippen molar-refractivity contribution in [3.63, 3.8) is 0 Å². The number of hydrogen-bond donors (Lipinski definition) is 1. The van der Waals surface area contributed by atoms with Gasteiger partial charge in [0, 0.05) is 24.5 Å². The molecule has 2 N–H and O–H groups in total. The predicted molar refractivity (Wildman–Crippen MR) is 111 cm³/mol. The van der Waals surface area contributed by atoms with Crippen LogP contribution < -0.4 is 16.2 Å². The third-order valence-electron chi connectivity index (χ3n) is 4.82. The van der Waals surface area contributed by atoms with Crippen molar-refractivity contribution in [3.05, 3.63) is 55.6 Å². The fourth-order valence-corrected chi connectivity index (χ4v) is 4.92. The van der Waals surface area contributed by atoms with Gasteiger partial charge < -0.3 is 10.6 Å². The Morgan fingerprint density at radius 3 is 2.85 bits per heavy atom. The molecular weight excluding hydrogens is 412 g/mol. The van der Waals surface area contributed by atoms with Gasteiger partial charge in [-0.05, 0) is 41.3 Å². The molecule has 2 aromatic heterocycles. The molecule has 1 atom stereocenters. The van der Waals surface area contributed by atoms with Gasteiger partial charge in [-0.3, -0.25) is 9.36 Å². The average molecular weight is 433 g/mol. The maximum Gasteiger partial charge on any atom is 0.273 e. The summed E-state index contributed by atoms with van der Waals surface area (Å²) in [5, 5.41) is 1.93. The van der Waals surface area contributed by atoms with E-state index in [2.05, 4.69) is 52.0 Å². The Kier molecular flexibility index (Phi) is 4.86. The summed E-state index contributed by atoms with van der Waals surface area (Å²) in [7, 11) is 0. The van der Waals surface area contributed by atoms with Gasteiger partial charge in [0.2, 0.25) is 5.95 Å². The fraction of sp³-hybridized carbons (Fsp3) is 0.368. The van der Waals surface area contributed by atoms with E-state index >= 15 is 0 Å². The van der Waals surface area contributed by atoms with Crippen LogP contribution in [0.3, 0.4) is 0 Å². The molecule has 5 nitrogen and oxygen atoms in total. The second kappa shape index (κ2) is 7.13. The molecule has 4 rings (SSSR count). The average Bonchev–Trinajstić information content (AvgIpc) is 3.00. The Labute approximate surface area is 164 Å². The highest BCUT2D eigenvalue weighted by Crippen LogP contribution is 2.29. The molecule has 1 saturated heterocycles. The lowest BCUT2D eigenvalue weighted by molar-refractivity contribution is 0.492. The van der Waals surface area contributed by atoms with Crippen LogP contribution in [0.15, 0.2) is 38.9 Å². The summed E-state index contributed by atoms with van der Waals surface area (Å²) in [5.41, 5.74) is 9.24. The topological polar surface area (TPSA) is 64.2 Å². The number of anilines is 1. The van der Waals surface area contributed by atoms with E-state index in [1.54, 1.807) is 4.57 Å². The van der Waals surface area contributed by atoms with Crippen LogP contribution >= 0.6 is 27.3 Å². The van der Waals surface area contributed by atoms with E-state index in [0.717, 1.165) is 47.4 Å². The number of fused-ring (bicyclic) bond motifs is 1. The van der Waals surface area contributed by atoms with E-state index in [1.165, 1.54) is 16.9 Å². The van der Waals surface area contributed by atoms with E-state index < -0.39 is 0 Å². The number of aromatic nitrogens is 2. The van der Waals surface area contributed by atoms with Crippen LogP contribution in [-0.2, 0) is 6.54 Å². The van der Waals surface area contributed by atoms with Crippen molar-refractivity contribution < 1.29 is 0 Å².